The van der Waals surface area contributed by atoms with Gasteiger partial charge in [-0.25, -0.2) is 10.3 Å². The molecule has 0 saturated carbocycles. The lowest BCUT2D eigenvalue weighted by atomic mass is 10.0. The Labute approximate surface area is 105 Å². The van der Waals surface area contributed by atoms with Gasteiger partial charge < -0.3 is 10.8 Å². The summed E-state index contributed by atoms with van der Waals surface area (Å²) >= 11 is 0. The van der Waals surface area contributed by atoms with Gasteiger partial charge in [0, 0.05) is 12.5 Å². The molecule has 0 aliphatic rings. The van der Waals surface area contributed by atoms with E-state index in [1.165, 1.54) is 0 Å². The highest BCUT2D eigenvalue weighted by Crippen LogP contribution is 2.14. The topological polar surface area (TPSA) is 102 Å². The molecule has 6 heteroatoms. The lowest BCUT2D eigenvalue weighted by Crippen LogP contribution is -2.27. The highest BCUT2D eigenvalue weighted by molar-refractivity contribution is 5.75. The van der Waals surface area contributed by atoms with Crippen molar-refractivity contribution in [3.8, 4) is 0 Å². The number of carboxylic acids is 1. The number of nitrogens with two attached hydrogens (primary N) is 1. The summed E-state index contributed by atoms with van der Waals surface area (Å²) < 4.78 is 0. The fraction of sp³-hybridized carbons (Fsp3) is 0.333. The molecule has 1 unspecified atom stereocenters. The summed E-state index contributed by atoms with van der Waals surface area (Å²) in [5.74, 6) is -1.53. The Balaban J connectivity index is 2.24. The van der Waals surface area contributed by atoms with Crippen molar-refractivity contribution in [1.29, 1.82) is 0 Å². The summed E-state index contributed by atoms with van der Waals surface area (Å²) in [7, 11) is 0. The molecule has 18 heavy (non-hydrogen) atoms. The van der Waals surface area contributed by atoms with Crippen LogP contribution in [0.15, 0.2) is 30.3 Å². The molecule has 1 atom stereocenters. The van der Waals surface area contributed by atoms with Gasteiger partial charge in [0.05, 0.1) is 0 Å². The molecule has 0 bridgehead atoms. The van der Waals surface area contributed by atoms with E-state index in [0.717, 1.165) is 5.56 Å². The predicted octanol–water partition coefficient (Wildman–Crippen LogP) is 0.599. The molecule has 0 aromatic heterocycles. The number of rotatable bonds is 7. The number of aliphatic carboxylic acids is 1. The number of hydrogen-bond acceptors (Lipinski definition) is 4. The van der Waals surface area contributed by atoms with Crippen LogP contribution < -0.4 is 11.2 Å². The monoisotopic (exact) mass is 252 g/mol. The Morgan fingerprint density at radius 3 is 2.61 bits per heavy atom. The van der Waals surface area contributed by atoms with E-state index in [0.29, 0.717) is 6.42 Å². The van der Waals surface area contributed by atoms with Crippen molar-refractivity contribution in [2.45, 2.75) is 18.9 Å². The van der Waals surface area contributed by atoms with Crippen molar-refractivity contribution < 1.29 is 19.5 Å². The van der Waals surface area contributed by atoms with Crippen LogP contribution in [0.3, 0.4) is 0 Å². The van der Waals surface area contributed by atoms with E-state index < -0.39 is 12.6 Å². The van der Waals surface area contributed by atoms with E-state index in [-0.39, 0.29) is 18.4 Å². The van der Waals surface area contributed by atoms with Crippen LogP contribution in [0.5, 0.6) is 0 Å². The second-order valence-corrected chi connectivity index (χ2v) is 3.76. The molecule has 0 aliphatic heterocycles. The van der Waals surface area contributed by atoms with Crippen LogP contribution in [-0.2, 0) is 14.4 Å². The van der Waals surface area contributed by atoms with Gasteiger partial charge in [-0.15, -0.1) is 0 Å². The smallest absolute Gasteiger partial charge is 0.332 e. The van der Waals surface area contributed by atoms with Crippen molar-refractivity contribution in [3.63, 3.8) is 0 Å². The Morgan fingerprint density at radius 1 is 1.33 bits per heavy atom. The molecular weight excluding hydrogens is 236 g/mol. The first-order valence-electron chi connectivity index (χ1n) is 5.52. The minimum atomic E-state index is -1.14. The van der Waals surface area contributed by atoms with Crippen molar-refractivity contribution in [3.05, 3.63) is 35.9 Å². The van der Waals surface area contributed by atoms with E-state index in [1.54, 1.807) is 0 Å². The molecule has 98 valence electrons. The van der Waals surface area contributed by atoms with Gasteiger partial charge >= 0.3 is 5.97 Å². The number of hydroxylamine groups is 1. The number of carbonyl (C=O) groups excluding carboxylic acids is 1. The van der Waals surface area contributed by atoms with Gasteiger partial charge in [0.25, 0.3) is 0 Å². The standard InChI is InChI=1S/C12H16N2O4/c13-10(9-4-2-1-3-5-9)6-7-11(15)14-18-8-12(16)17/h1-5,10H,6-8,13H2,(H,14,15)(H,16,17). The van der Waals surface area contributed by atoms with Crippen LogP contribution in [0.25, 0.3) is 0 Å². The number of carbonyl (C=O) groups is 2. The second kappa shape index (κ2) is 7.41. The maximum Gasteiger partial charge on any atom is 0.332 e. The molecule has 6 nitrogen and oxygen atoms in total. The highest BCUT2D eigenvalue weighted by atomic mass is 16.7. The van der Waals surface area contributed by atoms with Gasteiger partial charge in [0.2, 0.25) is 5.91 Å². The fourth-order valence-corrected chi connectivity index (χ4v) is 1.38. The number of carboxylic acid groups (broad SMARTS) is 1. The van der Waals surface area contributed by atoms with Crippen LogP contribution in [-0.4, -0.2) is 23.6 Å². The molecule has 0 fully saturated rings. The van der Waals surface area contributed by atoms with E-state index in [4.69, 9.17) is 10.8 Å². The average molecular weight is 252 g/mol. The summed E-state index contributed by atoms with van der Waals surface area (Å²) in [6.45, 7) is -0.559. The molecule has 0 aliphatic carbocycles. The van der Waals surface area contributed by atoms with Crippen LogP contribution in [0.2, 0.25) is 0 Å². The molecule has 0 heterocycles. The van der Waals surface area contributed by atoms with Gasteiger partial charge in [-0.1, -0.05) is 30.3 Å². The predicted molar refractivity (Wildman–Crippen MR) is 64.3 cm³/mol. The van der Waals surface area contributed by atoms with Crippen molar-refractivity contribution in [1.82, 2.24) is 5.48 Å². The number of nitrogens with one attached hydrogen (secondary N) is 1. The van der Waals surface area contributed by atoms with Gasteiger partial charge in [0.15, 0.2) is 6.61 Å². The van der Waals surface area contributed by atoms with Crippen molar-refractivity contribution in [2.24, 2.45) is 5.73 Å². The quantitative estimate of drug-likeness (QED) is 0.617. The third kappa shape index (κ3) is 5.42. The Morgan fingerprint density at radius 2 is 2.00 bits per heavy atom. The SMILES string of the molecule is NC(CCC(=O)NOCC(=O)O)c1ccccc1. The first kappa shape index (κ1) is 14.1. The van der Waals surface area contributed by atoms with Crippen LogP contribution in [0.4, 0.5) is 0 Å². The second-order valence-electron chi connectivity index (χ2n) is 3.76. The molecule has 0 radical (unpaired) electrons. The van der Waals surface area contributed by atoms with Crippen LogP contribution >= 0.6 is 0 Å². The molecule has 1 rings (SSSR count). The van der Waals surface area contributed by atoms with Crippen LogP contribution in [0, 0.1) is 0 Å². The summed E-state index contributed by atoms with van der Waals surface area (Å²) in [5.41, 5.74) is 8.91. The average Bonchev–Trinajstić information content (AvgIpc) is 2.36. The summed E-state index contributed by atoms with van der Waals surface area (Å²) in [5, 5.41) is 8.30. The lowest BCUT2D eigenvalue weighted by molar-refractivity contribution is -0.149. The largest absolute Gasteiger partial charge is 0.479 e. The van der Waals surface area contributed by atoms with E-state index in [1.807, 2.05) is 35.8 Å². The van der Waals surface area contributed by atoms with Crippen molar-refractivity contribution in [2.75, 3.05) is 6.61 Å². The minimum absolute atomic E-state index is 0.176. The van der Waals surface area contributed by atoms with E-state index >= 15 is 0 Å². The third-order valence-corrected chi connectivity index (χ3v) is 2.29. The van der Waals surface area contributed by atoms with Gasteiger partial charge in [-0.05, 0) is 12.0 Å². The molecule has 4 N–H and O–H groups in total. The normalized spacial score (nSPS) is 11.8. The zero-order valence-electron chi connectivity index (χ0n) is 9.83. The Hall–Kier alpha value is -1.92. The first-order chi connectivity index (χ1) is 8.59. The molecule has 0 spiro atoms. The maximum absolute atomic E-state index is 11.3. The minimum Gasteiger partial charge on any atom is -0.479 e. The zero-order chi connectivity index (χ0) is 13.4. The molecular formula is C12H16N2O4. The highest BCUT2D eigenvalue weighted by Gasteiger charge is 2.09. The maximum atomic E-state index is 11.3. The van der Waals surface area contributed by atoms with Gasteiger partial charge in [0.1, 0.15) is 0 Å². The lowest BCUT2D eigenvalue weighted by Gasteiger charge is -2.11. The molecule has 0 saturated heterocycles. The molecule has 1 aromatic rings. The fourth-order valence-electron chi connectivity index (χ4n) is 1.38. The van der Waals surface area contributed by atoms with Gasteiger partial charge in [-0.2, -0.15) is 0 Å². The number of hydrogen-bond donors (Lipinski definition) is 3. The Bertz CT molecular complexity index is 394. The van der Waals surface area contributed by atoms with Gasteiger partial charge in [-0.3, -0.25) is 9.63 Å². The summed E-state index contributed by atoms with van der Waals surface area (Å²) in [6, 6.07) is 9.21. The molecule has 1 amide bonds. The third-order valence-electron chi connectivity index (χ3n) is 2.29. The van der Waals surface area contributed by atoms with Crippen LogP contribution in [0.1, 0.15) is 24.4 Å². The Kier molecular flexibility index (Phi) is 5.83. The number of amides is 1. The van der Waals surface area contributed by atoms with E-state index in [9.17, 15) is 9.59 Å². The summed E-state index contributed by atoms with van der Waals surface area (Å²) in [6.07, 6.45) is 0.641. The summed E-state index contributed by atoms with van der Waals surface area (Å²) in [4.78, 5) is 25.9. The molecule has 1 aromatic carbocycles. The van der Waals surface area contributed by atoms with Crippen molar-refractivity contribution >= 4 is 11.9 Å². The van der Waals surface area contributed by atoms with E-state index in [2.05, 4.69) is 4.84 Å². The zero-order valence-corrected chi connectivity index (χ0v) is 9.83. The first-order valence-corrected chi connectivity index (χ1v) is 5.52. The number of benzene rings is 1.